The van der Waals surface area contributed by atoms with Gasteiger partial charge in [0.25, 0.3) is 0 Å². The van der Waals surface area contributed by atoms with Crippen LogP contribution in [0.15, 0.2) is 24.3 Å². The molecule has 1 saturated heterocycles. The summed E-state index contributed by atoms with van der Waals surface area (Å²) in [7, 11) is 0. The molecule has 2 rings (SSSR count). The second-order valence-electron chi connectivity index (χ2n) is 5.92. The number of benzene rings is 1. The van der Waals surface area contributed by atoms with Crippen LogP contribution in [0, 0.1) is 5.92 Å². The monoisotopic (exact) mass is 358 g/mol. The van der Waals surface area contributed by atoms with E-state index < -0.39 is 23.9 Å². The normalized spacial score (nSPS) is 17.8. The van der Waals surface area contributed by atoms with Gasteiger partial charge in [0.2, 0.25) is 5.91 Å². The number of hydrogen-bond acceptors (Lipinski definition) is 3. The molecule has 0 aromatic heterocycles. The maximum Gasteiger partial charge on any atom is 0.416 e. The predicted molar refractivity (Wildman–Crippen MR) is 86.1 cm³/mol. The van der Waals surface area contributed by atoms with E-state index in [-0.39, 0.29) is 30.6 Å². The third-order valence-corrected chi connectivity index (χ3v) is 4.22. The van der Waals surface area contributed by atoms with Crippen molar-refractivity contribution in [1.82, 2.24) is 5.32 Å². The highest BCUT2D eigenvalue weighted by Gasteiger charge is 2.35. The first-order valence-corrected chi connectivity index (χ1v) is 8.19. The second-order valence-corrected chi connectivity index (χ2v) is 5.92. The van der Waals surface area contributed by atoms with Crippen molar-refractivity contribution in [3.63, 3.8) is 0 Å². The minimum atomic E-state index is -4.48. The summed E-state index contributed by atoms with van der Waals surface area (Å²) < 4.78 is 43.5. The van der Waals surface area contributed by atoms with Gasteiger partial charge in [0, 0.05) is 11.6 Å². The first-order chi connectivity index (χ1) is 11.8. The van der Waals surface area contributed by atoms with Gasteiger partial charge in [-0.2, -0.15) is 13.2 Å². The van der Waals surface area contributed by atoms with Crippen molar-refractivity contribution in [2.75, 3.05) is 18.0 Å². The molecule has 25 heavy (non-hydrogen) atoms. The van der Waals surface area contributed by atoms with Gasteiger partial charge in [-0.05, 0) is 31.0 Å². The van der Waals surface area contributed by atoms with Crippen LogP contribution >= 0.6 is 0 Å². The van der Waals surface area contributed by atoms with Crippen molar-refractivity contribution in [1.29, 1.82) is 0 Å². The lowest BCUT2D eigenvalue weighted by atomic mass is 10.0. The van der Waals surface area contributed by atoms with Crippen LogP contribution in [0.2, 0.25) is 0 Å². The molecule has 0 saturated carbocycles. The Balaban J connectivity index is 2.00. The number of amides is 2. The average Bonchev–Trinajstić information content (AvgIpc) is 2.94. The van der Waals surface area contributed by atoms with Gasteiger partial charge in [-0.1, -0.05) is 19.9 Å². The fraction of sp³-hybridized carbons (Fsp3) is 0.529. The molecule has 2 amide bonds. The number of cyclic esters (lactones) is 1. The molecule has 1 aliphatic heterocycles. The Kier molecular flexibility index (Phi) is 5.92. The van der Waals surface area contributed by atoms with Gasteiger partial charge in [0.05, 0.1) is 18.7 Å². The quantitative estimate of drug-likeness (QED) is 0.846. The molecule has 8 heteroatoms. The molecule has 1 aromatic rings. The molecular formula is C17H21F3N2O3. The third kappa shape index (κ3) is 4.64. The minimum Gasteiger partial charge on any atom is -0.442 e. The van der Waals surface area contributed by atoms with Crippen molar-refractivity contribution >= 4 is 17.7 Å². The number of rotatable bonds is 6. The molecule has 0 radical (unpaired) electrons. The molecule has 1 unspecified atom stereocenters. The van der Waals surface area contributed by atoms with Crippen molar-refractivity contribution in [3.8, 4) is 0 Å². The summed E-state index contributed by atoms with van der Waals surface area (Å²) in [4.78, 5) is 25.0. The molecule has 1 aliphatic rings. The Morgan fingerprint density at radius 1 is 1.36 bits per heavy atom. The zero-order chi connectivity index (χ0) is 18.6. The summed E-state index contributed by atoms with van der Waals surface area (Å²) in [6.45, 7) is 4.05. The Bertz CT molecular complexity index is 630. The largest absolute Gasteiger partial charge is 0.442 e. The second kappa shape index (κ2) is 7.76. The number of alkyl halides is 3. The van der Waals surface area contributed by atoms with Crippen LogP contribution in [0.5, 0.6) is 0 Å². The summed E-state index contributed by atoms with van der Waals surface area (Å²) >= 11 is 0. The molecule has 138 valence electrons. The number of nitrogens with one attached hydrogen (secondary N) is 1. The highest BCUT2D eigenvalue weighted by Crippen LogP contribution is 2.32. The van der Waals surface area contributed by atoms with Crippen LogP contribution in [0.25, 0.3) is 0 Å². The fourth-order valence-electron chi connectivity index (χ4n) is 2.71. The van der Waals surface area contributed by atoms with Crippen LogP contribution in [0.1, 0.15) is 32.3 Å². The van der Waals surface area contributed by atoms with Gasteiger partial charge in [0.15, 0.2) is 0 Å². The van der Waals surface area contributed by atoms with E-state index in [0.717, 1.165) is 17.0 Å². The molecule has 1 N–H and O–H groups in total. The number of carbonyl (C=O) groups is 2. The topological polar surface area (TPSA) is 58.6 Å². The fourth-order valence-corrected chi connectivity index (χ4v) is 2.71. The van der Waals surface area contributed by atoms with Gasteiger partial charge in [-0.25, -0.2) is 4.79 Å². The van der Waals surface area contributed by atoms with E-state index in [1.807, 2.05) is 13.8 Å². The van der Waals surface area contributed by atoms with Gasteiger partial charge in [0.1, 0.15) is 6.10 Å². The SMILES string of the molecule is CCC(CC)C(=O)NCC1CN(c2cccc(C(F)(F)F)c2)C(=O)O1. The lowest BCUT2D eigenvalue weighted by Gasteiger charge is -2.16. The van der Waals surface area contributed by atoms with Crippen molar-refractivity contribution in [2.45, 2.75) is 39.0 Å². The molecule has 0 spiro atoms. The first-order valence-electron chi connectivity index (χ1n) is 8.19. The van der Waals surface area contributed by atoms with E-state index in [1.165, 1.54) is 12.1 Å². The Hall–Kier alpha value is -2.25. The minimum absolute atomic E-state index is 0.0866. The molecular weight excluding hydrogens is 337 g/mol. The van der Waals surface area contributed by atoms with Gasteiger partial charge < -0.3 is 10.1 Å². The molecule has 1 heterocycles. The number of ether oxygens (including phenoxy) is 1. The zero-order valence-corrected chi connectivity index (χ0v) is 14.1. The van der Waals surface area contributed by atoms with Gasteiger partial charge >= 0.3 is 12.3 Å². The van der Waals surface area contributed by atoms with Crippen molar-refractivity contribution < 1.29 is 27.5 Å². The number of nitrogens with zero attached hydrogens (tertiary/aromatic N) is 1. The van der Waals surface area contributed by atoms with E-state index in [2.05, 4.69) is 5.32 Å². The summed E-state index contributed by atoms with van der Waals surface area (Å²) in [5.74, 6) is -0.213. The van der Waals surface area contributed by atoms with E-state index in [1.54, 1.807) is 0 Å². The Morgan fingerprint density at radius 2 is 2.04 bits per heavy atom. The number of carbonyl (C=O) groups excluding carboxylic acids is 2. The van der Waals surface area contributed by atoms with Crippen LogP contribution < -0.4 is 10.2 Å². The molecule has 0 aliphatic carbocycles. The van der Waals surface area contributed by atoms with Crippen molar-refractivity contribution in [3.05, 3.63) is 29.8 Å². The van der Waals surface area contributed by atoms with E-state index >= 15 is 0 Å². The summed E-state index contributed by atoms with van der Waals surface area (Å²) in [5, 5.41) is 2.73. The van der Waals surface area contributed by atoms with E-state index in [4.69, 9.17) is 4.74 Å². The molecule has 1 aromatic carbocycles. The Labute approximate surface area is 144 Å². The van der Waals surface area contributed by atoms with Gasteiger partial charge in [-0.3, -0.25) is 9.69 Å². The maximum atomic E-state index is 12.8. The molecule has 5 nitrogen and oxygen atoms in total. The molecule has 0 bridgehead atoms. The van der Waals surface area contributed by atoms with Crippen LogP contribution in [0.4, 0.5) is 23.7 Å². The number of halogens is 3. The first kappa shape index (κ1) is 19.1. The summed E-state index contributed by atoms with van der Waals surface area (Å²) in [6, 6.07) is 4.51. The number of hydrogen-bond donors (Lipinski definition) is 1. The summed E-state index contributed by atoms with van der Waals surface area (Å²) in [5.41, 5.74) is -0.711. The van der Waals surface area contributed by atoms with Crippen LogP contribution in [0.3, 0.4) is 0 Å². The smallest absolute Gasteiger partial charge is 0.416 e. The zero-order valence-electron chi connectivity index (χ0n) is 14.1. The molecule has 1 fully saturated rings. The molecule has 1 atom stereocenters. The third-order valence-electron chi connectivity index (χ3n) is 4.22. The number of anilines is 1. The Morgan fingerprint density at radius 3 is 2.64 bits per heavy atom. The highest BCUT2D eigenvalue weighted by molar-refractivity contribution is 5.90. The van der Waals surface area contributed by atoms with Crippen molar-refractivity contribution in [2.24, 2.45) is 5.92 Å². The van der Waals surface area contributed by atoms with Crippen LogP contribution in [-0.4, -0.2) is 31.2 Å². The standard InChI is InChI=1S/C17H21F3N2O3/c1-3-11(4-2)15(23)21-9-14-10-22(16(24)25-14)13-7-5-6-12(8-13)17(18,19)20/h5-8,11,14H,3-4,9-10H2,1-2H3,(H,21,23). The summed E-state index contributed by atoms with van der Waals surface area (Å²) in [6.07, 6.45) is -4.38. The lowest BCUT2D eigenvalue weighted by molar-refractivity contribution is -0.137. The average molecular weight is 358 g/mol. The maximum absolute atomic E-state index is 12.8. The van der Waals surface area contributed by atoms with E-state index in [9.17, 15) is 22.8 Å². The predicted octanol–water partition coefficient (Wildman–Crippen LogP) is 3.58. The van der Waals surface area contributed by atoms with E-state index in [0.29, 0.717) is 12.8 Å². The lowest BCUT2D eigenvalue weighted by Crippen LogP contribution is -2.37. The highest BCUT2D eigenvalue weighted by atomic mass is 19.4. The van der Waals surface area contributed by atoms with Crippen LogP contribution in [-0.2, 0) is 15.7 Å². The van der Waals surface area contributed by atoms with Gasteiger partial charge in [-0.15, -0.1) is 0 Å².